The fraction of sp³-hybridized carbons (Fsp3) is 0.333. The summed E-state index contributed by atoms with van der Waals surface area (Å²) in [5.41, 5.74) is -0.351. The quantitative estimate of drug-likeness (QED) is 0.879. The summed E-state index contributed by atoms with van der Waals surface area (Å²) < 4.78 is 14.4. The van der Waals surface area contributed by atoms with Gasteiger partial charge in [0, 0.05) is 13.2 Å². The standard InChI is InChI=1S/C12H14FN3O/c1-3-12(17,11-6-7-16(2)15-11)10-5-4-9(13)8-14-10/h4-8,17H,3H2,1-2H3. The van der Waals surface area contributed by atoms with Gasteiger partial charge in [-0.25, -0.2) is 4.39 Å². The summed E-state index contributed by atoms with van der Waals surface area (Å²) in [5, 5.41) is 14.8. The number of aromatic nitrogens is 3. The predicted molar refractivity (Wildman–Crippen MR) is 60.7 cm³/mol. The Hall–Kier alpha value is -1.75. The van der Waals surface area contributed by atoms with Crippen LogP contribution in [0.1, 0.15) is 24.7 Å². The molecular formula is C12H14FN3O. The van der Waals surface area contributed by atoms with Crippen molar-refractivity contribution >= 4 is 0 Å². The second kappa shape index (κ2) is 4.25. The van der Waals surface area contributed by atoms with Crippen LogP contribution in [0.15, 0.2) is 30.6 Å². The Kier molecular flexibility index (Phi) is 2.93. The molecule has 1 N–H and O–H groups in total. The maximum absolute atomic E-state index is 12.8. The number of nitrogens with zero attached hydrogens (tertiary/aromatic N) is 3. The van der Waals surface area contributed by atoms with E-state index in [2.05, 4.69) is 10.1 Å². The molecule has 90 valence electrons. The molecule has 2 heterocycles. The summed E-state index contributed by atoms with van der Waals surface area (Å²) in [4.78, 5) is 3.93. The van der Waals surface area contributed by atoms with Crippen molar-refractivity contribution in [2.24, 2.45) is 7.05 Å². The first-order valence-corrected chi connectivity index (χ1v) is 5.41. The van der Waals surface area contributed by atoms with Crippen LogP contribution in [0.4, 0.5) is 4.39 Å². The van der Waals surface area contributed by atoms with Crippen LogP contribution in [0.25, 0.3) is 0 Å². The first-order valence-electron chi connectivity index (χ1n) is 5.41. The Balaban J connectivity index is 2.47. The highest BCUT2D eigenvalue weighted by molar-refractivity contribution is 5.26. The minimum atomic E-state index is -1.27. The van der Waals surface area contributed by atoms with E-state index in [-0.39, 0.29) is 0 Å². The third-order valence-corrected chi connectivity index (χ3v) is 2.80. The van der Waals surface area contributed by atoms with E-state index in [0.29, 0.717) is 17.8 Å². The molecule has 0 amide bonds. The molecule has 5 heteroatoms. The lowest BCUT2D eigenvalue weighted by Crippen LogP contribution is -2.28. The molecule has 17 heavy (non-hydrogen) atoms. The van der Waals surface area contributed by atoms with Crippen molar-refractivity contribution in [2.45, 2.75) is 18.9 Å². The fourth-order valence-corrected chi connectivity index (χ4v) is 1.75. The lowest BCUT2D eigenvalue weighted by Gasteiger charge is -2.23. The fourth-order valence-electron chi connectivity index (χ4n) is 1.75. The van der Waals surface area contributed by atoms with Gasteiger partial charge in [-0.3, -0.25) is 9.67 Å². The molecule has 2 aromatic rings. The maximum Gasteiger partial charge on any atom is 0.150 e. The van der Waals surface area contributed by atoms with Crippen molar-refractivity contribution in [1.29, 1.82) is 0 Å². The predicted octanol–water partition coefficient (Wildman–Crippen LogP) is 1.60. The summed E-state index contributed by atoms with van der Waals surface area (Å²) in [5.74, 6) is -0.423. The SMILES string of the molecule is CCC(O)(c1ccc(F)cn1)c1ccn(C)n1. The van der Waals surface area contributed by atoms with Crippen LogP contribution in [-0.2, 0) is 12.6 Å². The Morgan fingerprint density at radius 1 is 1.35 bits per heavy atom. The molecule has 2 rings (SSSR count). The number of aliphatic hydroxyl groups is 1. The van der Waals surface area contributed by atoms with Gasteiger partial charge in [-0.05, 0) is 24.6 Å². The van der Waals surface area contributed by atoms with E-state index in [1.807, 2.05) is 6.92 Å². The summed E-state index contributed by atoms with van der Waals surface area (Å²) >= 11 is 0. The van der Waals surface area contributed by atoms with Crippen molar-refractivity contribution in [3.05, 3.63) is 47.8 Å². The van der Waals surface area contributed by atoms with E-state index in [9.17, 15) is 9.50 Å². The van der Waals surface area contributed by atoms with Crippen molar-refractivity contribution in [1.82, 2.24) is 14.8 Å². The van der Waals surface area contributed by atoms with E-state index in [0.717, 1.165) is 6.20 Å². The lowest BCUT2D eigenvalue weighted by atomic mass is 9.92. The van der Waals surface area contributed by atoms with E-state index < -0.39 is 11.4 Å². The van der Waals surface area contributed by atoms with Crippen LogP contribution in [-0.4, -0.2) is 19.9 Å². The van der Waals surface area contributed by atoms with Crippen molar-refractivity contribution in [3.63, 3.8) is 0 Å². The van der Waals surface area contributed by atoms with Crippen LogP contribution in [0.3, 0.4) is 0 Å². The second-order valence-corrected chi connectivity index (χ2v) is 3.95. The molecular weight excluding hydrogens is 221 g/mol. The van der Waals surface area contributed by atoms with Gasteiger partial charge in [0.25, 0.3) is 0 Å². The summed E-state index contributed by atoms with van der Waals surface area (Å²) in [7, 11) is 1.78. The van der Waals surface area contributed by atoms with Crippen LogP contribution < -0.4 is 0 Å². The Morgan fingerprint density at radius 2 is 2.12 bits per heavy atom. The molecule has 0 aromatic carbocycles. The molecule has 2 aromatic heterocycles. The zero-order valence-corrected chi connectivity index (χ0v) is 9.76. The molecule has 0 saturated carbocycles. The number of rotatable bonds is 3. The molecule has 0 aliphatic rings. The van der Waals surface area contributed by atoms with E-state index in [1.54, 1.807) is 24.0 Å². The molecule has 4 nitrogen and oxygen atoms in total. The highest BCUT2D eigenvalue weighted by Gasteiger charge is 2.33. The van der Waals surface area contributed by atoms with E-state index in [1.165, 1.54) is 12.1 Å². The van der Waals surface area contributed by atoms with Gasteiger partial charge in [-0.1, -0.05) is 6.92 Å². The van der Waals surface area contributed by atoms with Crippen LogP contribution in [0.2, 0.25) is 0 Å². The number of hydrogen-bond acceptors (Lipinski definition) is 3. The molecule has 1 unspecified atom stereocenters. The summed E-state index contributed by atoms with van der Waals surface area (Å²) in [6.45, 7) is 1.83. The normalized spacial score (nSPS) is 14.6. The third kappa shape index (κ3) is 2.06. The number of hydrogen-bond donors (Lipinski definition) is 1. The average molecular weight is 235 g/mol. The largest absolute Gasteiger partial charge is 0.377 e. The van der Waals surface area contributed by atoms with Gasteiger partial charge in [0.1, 0.15) is 17.1 Å². The second-order valence-electron chi connectivity index (χ2n) is 3.95. The lowest BCUT2D eigenvalue weighted by molar-refractivity contribution is 0.0666. The summed E-state index contributed by atoms with van der Waals surface area (Å²) in [6, 6.07) is 4.49. The van der Waals surface area contributed by atoms with Crippen LogP contribution in [0.5, 0.6) is 0 Å². The first-order chi connectivity index (χ1) is 8.06. The molecule has 1 atom stereocenters. The van der Waals surface area contributed by atoms with Crippen LogP contribution >= 0.6 is 0 Å². The number of aryl methyl sites for hydroxylation is 1. The van der Waals surface area contributed by atoms with E-state index in [4.69, 9.17) is 0 Å². The molecule has 0 aliphatic heterocycles. The van der Waals surface area contributed by atoms with Gasteiger partial charge in [0.2, 0.25) is 0 Å². The highest BCUT2D eigenvalue weighted by atomic mass is 19.1. The van der Waals surface area contributed by atoms with Crippen molar-refractivity contribution in [3.8, 4) is 0 Å². The van der Waals surface area contributed by atoms with Crippen LogP contribution in [0, 0.1) is 5.82 Å². The molecule has 0 bridgehead atoms. The molecule has 0 saturated heterocycles. The minimum absolute atomic E-state index is 0.403. The van der Waals surface area contributed by atoms with Gasteiger partial charge >= 0.3 is 0 Å². The Morgan fingerprint density at radius 3 is 2.59 bits per heavy atom. The minimum Gasteiger partial charge on any atom is -0.377 e. The Bertz CT molecular complexity index is 509. The topological polar surface area (TPSA) is 50.9 Å². The first kappa shape index (κ1) is 11.7. The highest BCUT2D eigenvalue weighted by Crippen LogP contribution is 2.29. The van der Waals surface area contributed by atoms with Crippen molar-refractivity contribution in [2.75, 3.05) is 0 Å². The third-order valence-electron chi connectivity index (χ3n) is 2.80. The van der Waals surface area contributed by atoms with Gasteiger partial charge in [0.05, 0.1) is 11.9 Å². The molecule has 0 fully saturated rings. The molecule has 0 radical (unpaired) electrons. The number of halogens is 1. The van der Waals surface area contributed by atoms with Crippen molar-refractivity contribution < 1.29 is 9.50 Å². The Labute approximate surface area is 98.7 Å². The molecule has 0 spiro atoms. The van der Waals surface area contributed by atoms with Gasteiger partial charge < -0.3 is 5.11 Å². The average Bonchev–Trinajstić information content (AvgIpc) is 2.76. The zero-order valence-electron chi connectivity index (χ0n) is 9.76. The van der Waals surface area contributed by atoms with Gasteiger partial charge in [-0.15, -0.1) is 0 Å². The van der Waals surface area contributed by atoms with Gasteiger partial charge in [0.15, 0.2) is 0 Å². The molecule has 0 aliphatic carbocycles. The van der Waals surface area contributed by atoms with Gasteiger partial charge in [-0.2, -0.15) is 5.10 Å². The monoisotopic (exact) mass is 235 g/mol. The maximum atomic E-state index is 12.8. The zero-order chi connectivity index (χ0) is 12.5. The number of pyridine rings is 1. The summed E-state index contributed by atoms with van der Waals surface area (Å²) in [6.07, 6.45) is 3.26. The van der Waals surface area contributed by atoms with E-state index >= 15 is 0 Å². The smallest absolute Gasteiger partial charge is 0.150 e.